The van der Waals surface area contributed by atoms with E-state index in [9.17, 15) is 22.8 Å². The summed E-state index contributed by atoms with van der Waals surface area (Å²) in [6, 6.07) is 15.3. The van der Waals surface area contributed by atoms with Gasteiger partial charge in [0.05, 0.1) is 29.6 Å². The van der Waals surface area contributed by atoms with Gasteiger partial charge in [-0.15, -0.1) is 6.58 Å². The number of benzene rings is 2. The molecule has 0 spiro atoms. The number of hydrogen-bond donors (Lipinski definition) is 2. The van der Waals surface area contributed by atoms with Gasteiger partial charge in [0.2, 0.25) is 0 Å². The second-order valence-electron chi connectivity index (χ2n) is 12.6. The molecule has 2 fully saturated rings. The van der Waals surface area contributed by atoms with Crippen LogP contribution in [0, 0.1) is 17.8 Å². The van der Waals surface area contributed by atoms with Crippen molar-refractivity contribution in [1.29, 1.82) is 0 Å². The lowest BCUT2D eigenvalue weighted by atomic mass is 10.1. The zero-order chi connectivity index (χ0) is 33.1. The third-order valence-electron chi connectivity index (χ3n) is 9.54. The number of fused-ring (bicyclic) bond motifs is 4. The molecule has 8 nitrogen and oxygen atoms in total. The number of nitrogens with one attached hydrogen (secondary N) is 2. The lowest BCUT2D eigenvalue weighted by Gasteiger charge is -2.36. The topological polar surface area (TPSA) is 86.8 Å². The van der Waals surface area contributed by atoms with E-state index in [0.717, 1.165) is 62.0 Å². The minimum atomic E-state index is -4.47. The highest BCUT2D eigenvalue weighted by Crippen LogP contribution is 2.52. The van der Waals surface area contributed by atoms with Crippen molar-refractivity contribution in [1.82, 2.24) is 10.3 Å². The number of allylic oxidation sites excluding steroid dienone is 1. The average Bonchev–Trinajstić information content (AvgIpc) is 3.55. The molecule has 1 aliphatic carbocycles. The van der Waals surface area contributed by atoms with Gasteiger partial charge in [0.25, 0.3) is 0 Å². The number of anilines is 3. The Morgan fingerprint density at radius 3 is 2.60 bits per heavy atom. The van der Waals surface area contributed by atoms with Crippen LogP contribution in [-0.2, 0) is 17.5 Å². The van der Waals surface area contributed by atoms with Crippen LogP contribution in [0.1, 0.15) is 50.2 Å². The molecule has 248 valence electrons. The number of rotatable bonds is 11. The minimum Gasteiger partial charge on any atom is -0.449 e. The molecule has 1 saturated carbocycles. The van der Waals surface area contributed by atoms with Gasteiger partial charge >= 0.3 is 18.3 Å². The van der Waals surface area contributed by atoms with Crippen LogP contribution in [0.3, 0.4) is 0 Å². The maximum Gasteiger partial charge on any atom is 0.416 e. The van der Waals surface area contributed by atoms with E-state index in [2.05, 4.69) is 29.0 Å². The molecule has 3 amide bonds. The minimum absolute atomic E-state index is 0.119. The number of nitrogens with zero attached hydrogens (tertiary/aromatic N) is 3. The fourth-order valence-corrected chi connectivity index (χ4v) is 7.05. The summed E-state index contributed by atoms with van der Waals surface area (Å²) in [6.07, 6.45) is 2.12. The van der Waals surface area contributed by atoms with Gasteiger partial charge in [-0.05, 0) is 79.0 Å². The number of carbonyl (C=O) groups is 2. The predicted octanol–water partition coefficient (Wildman–Crippen LogP) is 8.25. The summed E-state index contributed by atoms with van der Waals surface area (Å²) in [5, 5.41) is 5.76. The van der Waals surface area contributed by atoms with Gasteiger partial charge < -0.3 is 20.3 Å². The van der Waals surface area contributed by atoms with E-state index in [1.807, 2.05) is 24.3 Å². The van der Waals surface area contributed by atoms with Crippen molar-refractivity contribution >= 4 is 29.3 Å². The van der Waals surface area contributed by atoms with Gasteiger partial charge in [0, 0.05) is 30.9 Å². The maximum absolute atomic E-state index is 13.7. The number of pyridine rings is 1. The standard InChI is InChI=1S/C36H40F3N5O3/c1-3-5-10-29-28(7-4-2)30(29)22-47-35(46)40-20-23-11-13-26(14-12-23)41-34(45)44-27-17-18-43(21-27)32-16-15-31(42-33(32)44)24-8-6-9-25(19-24)36(37,38)39/h3,6,8-9,11-16,19,27-30H,1,4-5,7,10,17-18,20-22H2,2H3,(H,40,46)(H,41,45)/t27-,28-,29+,30-/m0/s1. The number of urea groups is 1. The predicted molar refractivity (Wildman–Crippen MR) is 176 cm³/mol. The van der Waals surface area contributed by atoms with Crippen LogP contribution in [0.15, 0.2) is 73.3 Å². The van der Waals surface area contributed by atoms with Crippen LogP contribution < -0.4 is 20.4 Å². The molecular weight excluding hydrogens is 607 g/mol. The van der Waals surface area contributed by atoms with Crippen LogP contribution in [-0.4, -0.2) is 42.8 Å². The zero-order valence-electron chi connectivity index (χ0n) is 26.4. The quantitative estimate of drug-likeness (QED) is 0.205. The molecule has 2 bridgehead atoms. The van der Waals surface area contributed by atoms with Gasteiger partial charge in [-0.25, -0.2) is 14.6 Å². The lowest BCUT2D eigenvalue weighted by Crippen LogP contribution is -2.48. The maximum atomic E-state index is 13.7. The van der Waals surface area contributed by atoms with Crippen LogP contribution in [0.2, 0.25) is 0 Å². The lowest BCUT2D eigenvalue weighted by molar-refractivity contribution is -0.137. The SMILES string of the molecule is C=CCC[C@@H]1[C@H](CCC)[C@@H]1COC(=O)NCc1ccc(NC(=O)N2c3nc(-c4cccc(C(F)(F)F)c4)ccc3N3CC[C@H]2C3)cc1. The first-order valence-corrected chi connectivity index (χ1v) is 16.3. The number of hydrogen-bond acceptors (Lipinski definition) is 5. The molecule has 6 rings (SSSR count). The van der Waals surface area contributed by atoms with E-state index < -0.39 is 17.8 Å². The molecular formula is C36H40F3N5O3. The van der Waals surface area contributed by atoms with E-state index in [0.29, 0.717) is 53.7 Å². The molecule has 2 aromatic carbocycles. The molecule has 3 heterocycles. The van der Waals surface area contributed by atoms with Crippen molar-refractivity contribution in [3.05, 3.63) is 84.4 Å². The number of halogens is 3. The number of carbonyl (C=O) groups excluding carboxylic acids is 2. The Kier molecular flexibility index (Phi) is 9.42. The van der Waals surface area contributed by atoms with E-state index in [1.54, 1.807) is 29.2 Å². The van der Waals surface area contributed by atoms with Crippen molar-refractivity contribution < 1.29 is 27.5 Å². The number of alkyl carbamates (subject to hydrolysis) is 1. The van der Waals surface area contributed by atoms with Crippen LogP contribution >= 0.6 is 0 Å². The van der Waals surface area contributed by atoms with Gasteiger partial charge in [0.1, 0.15) is 0 Å². The number of ether oxygens (including phenoxy) is 1. The molecule has 11 heteroatoms. The Balaban J connectivity index is 1.07. The first-order chi connectivity index (χ1) is 22.7. The van der Waals surface area contributed by atoms with Gasteiger partial charge in [-0.2, -0.15) is 13.2 Å². The van der Waals surface area contributed by atoms with E-state index in [1.165, 1.54) is 6.07 Å². The Morgan fingerprint density at radius 1 is 1.06 bits per heavy atom. The molecule has 47 heavy (non-hydrogen) atoms. The van der Waals surface area contributed by atoms with E-state index in [4.69, 9.17) is 9.72 Å². The highest BCUT2D eigenvalue weighted by molar-refractivity contribution is 6.04. The van der Waals surface area contributed by atoms with Gasteiger partial charge in [0.15, 0.2) is 5.82 Å². The molecule has 1 saturated heterocycles. The van der Waals surface area contributed by atoms with E-state index in [-0.39, 0.29) is 18.6 Å². The summed E-state index contributed by atoms with van der Waals surface area (Å²) in [4.78, 5) is 34.5. The summed E-state index contributed by atoms with van der Waals surface area (Å²) in [5.74, 6) is 2.06. The Hall–Kier alpha value is -4.54. The third kappa shape index (κ3) is 7.24. The van der Waals surface area contributed by atoms with Crippen molar-refractivity contribution in [3.8, 4) is 11.3 Å². The average molecular weight is 648 g/mol. The second-order valence-corrected chi connectivity index (χ2v) is 12.6. The largest absolute Gasteiger partial charge is 0.449 e. The Morgan fingerprint density at radius 2 is 1.85 bits per heavy atom. The van der Waals surface area contributed by atoms with Crippen molar-refractivity contribution in [3.63, 3.8) is 0 Å². The number of aromatic nitrogens is 1. The molecule has 2 aliphatic heterocycles. The summed E-state index contributed by atoms with van der Waals surface area (Å²) in [7, 11) is 0. The third-order valence-corrected chi connectivity index (χ3v) is 9.54. The van der Waals surface area contributed by atoms with E-state index >= 15 is 0 Å². The first kappa shape index (κ1) is 32.4. The summed E-state index contributed by atoms with van der Waals surface area (Å²) >= 11 is 0. The van der Waals surface area contributed by atoms with Crippen molar-refractivity contribution in [2.24, 2.45) is 17.8 Å². The number of alkyl halides is 3. The Labute approximate surface area is 273 Å². The fraction of sp³-hybridized carbons (Fsp3) is 0.417. The summed E-state index contributed by atoms with van der Waals surface area (Å²) < 4.78 is 45.6. The van der Waals surface area contributed by atoms with Crippen LogP contribution in [0.5, 0.6) is 0 Å². The molecule has 2 N–H and O–H groups in total. The fourth-order valence-electron chi connectivity index (χ4n) is 7.05. The summed E-state index contributed by atoms with van der Waals surface area (Å²) in [6.45, 7) is 8.12. The molecule has 0 radical (unpaired) electrons. The highest BCUT2D eigenvalue weighted by atomic mass is 19.4. The second kappa shape index (κ2) is 13.7. The Bertz CT molecular complexity index is 1610. The first-order valence-electron chi connectivity index (χ1n) is 16.3. The molecule has 4 atom stereocenters. The van der Waals surface area contributed by atoms with Crippen LogP contribution in [0.4, 0.5) is 40.0 Å². The van der Waals surface area contributed by atoms with Crippen LogP contribution in [0.25, 0.3) is 11.3 Å². The molecule has 3 aromatic rings. The molecule has 3 aliphatic rings. The molecule has 0 unspecified atom stereocenters. The van der Waals surface area contributed by atoms with Gasteiger partial charge in [-0.3, -0.25) is 4.90 Å². The van der Waals surface area contributed by atoms with Gasteiger partial charge in [-0.1, -0.05) is 50.1 Å². The molecule has 1 aromatic heterocycles. The monoisotopic (exact) mass is 647 g/mol. The number of amides is 3. The highest BCUT2D eigenvalue weighted by Gasteiger charge is 2.48. The zero-order valence-corrected chi connectivity index (χ0v) is 26.4. The van der Waals surface area contributed by atoms with Crippen molar-refractivity contribution in [2.75, 3.05) is 34.8 Å². The normalized spacial score (nSPS) is 21.2. The smallest absolute Gasteiger partial charge is 0.416 e. The van der Waals surface area contributed by atoms with Crippen molar-refractivity contribution in [2.45, 2.75) is 57.8 Å². The summed E-state index contributed by atoms with van der Waals surface area (Å²) in [5.41, 5.74) is 2.11.